The molecule has 6 heteroatoms. The third kappa shape index (κ3) is 4.79. The predicted octanol–water partition coefficient (Wildman–Crippen LogP) is 14.3. The van der Waals surface area contributed by atoms with Gasteiger partial charge in [0.05, 0.1) is 19.5 Å². The highest BCUT2D eigenvalue weighted by Crippen LogP contribution is 2.44. The zero-order valence-corrected chi connectivity index (χ0v) is 29.6. The van der Waals surface area contributed by atoms with E-state index < -0.39 is 0 Å². The summed E-state index contributed by atoms with van der Waals surface area (Å²) in [5.74, 6) is 0. The van der Waals surface area contributed by atoms with E-state index in [0.29, 0.717) is 0 Å². The standard InChI is InChI=1S/C44H24N2S4/c1-3-7-27-15-33-17-31(11-9-29(33)13-25(27)5-1)41-23-45-43(49-41)39-21-35-19-38-36(20-37(35)47-39)22-40(48-38)44-46-24-42(50-44)32-12-10-30-14-26-6-2-4-8-28(26)16-34(30)18-32/h1-24H. The van der Waals surface area contributed by atoms with E-state index >= 15 is 0 Å². The van der Waals surface area contributed by atoms with Gasteiger partial charge in [-0.3, -0.25) is 0 Å². The van der Waals surface area contributed by atoms with E-state index in [0.717, 1.165) is 10.0 Å². The van der Waals surface area contributed by atoms with Crippen molar-refractivity contribution in [3.63, 3.8) is 0 Å². The van der Waals surface area contributed by atoms with Crippen molar-refractivity contribution in [2.24, 2.45) is 0 Å². The van der Waals surface area contributed by atoms with Crippen molar-refractivity contribution in [3.05, 3.63) is 146 Å². The molecule has 11 aromatic rings. The van der Waals surface area contributed by atoms with E-state index in [1.54, 1.807) is 22.7 Å². The molecule has 7 aromatic carbocycles. The highest BCUT2D eigenvalue weighted by Gasteiger charge is 2.15. The fourth-order valence-corrected chi connectivity index (χ4v) is 11.1. The summed E-state index contributed by atoms with van der Waals surface area (Å²) in [4.78, 5) is 14.6. The van der Waals surface area contributed by atoms with Crippen molar-refractivity contribution in [1.29, 1.82) is 0 Å². The summed E-state index contributed by atoms with van der Waals surface area (Å²) in [6, 6.07) is 49.0. The molecule has 2 nitrogen and oxygen atoms in total. The number of hydrogen-bond donors (Lipinski definition) is 0. The number of nitrogens with zero attached hydrogens (tertiary/aromatic N) is 2. The number of fused-ring (bicyclic) bond motifs is 6. The van der Waals surface area contributed by atoms with Gasteiger partial charge in [-0.2, -0.15) is 0 Å². The first-order valence-corrected chi connectivity index (χ1v) is 19.7. The molecule has 0 radical (unpaired) electrons. The Morgan fingerprint density at radius 1 is 0.300 bits per heavy atom. The minimum absolute atomic E-state index is 1.07. The lowest BCUT2D eigenvalue weighted by atomic mass is 10.0. The van der Waals surface area contributed by atoms with Crippen molar-refractivity contribution in [2.45, 2.75) is 0 Å². The largest absolute Gasteiger partial charge is 0.243 e. The Balaban J connectivity index is 0.882. The molecule has 0 fully saturated rings. The van der Waals surface area contributed by atoms with Gasteiger partial charge in [-0.1, -0.05) is 72.8 Å². The Bertz CT molecular complexity index is 2860. The van der Waals surface area contributed by atoms with Gasteiger partial charge in [-0.25, -0.2) is 9.97 Å². The first kappa shape index (κ1) is 28.6. The second-order valence-electron chi connectivity index (χ2n) is 12.7. The molecule has 11 rings (SSSR count). The average Bonchev–Trinajstić information content (AvgIpc) is 3.97. The Morgan fingerprint density at radius 2 is 0.700 bits per heavy atom. The molecule has 0 unspecified atom stereocenters. The van der Waals surface area contributed by atoms with Crippen LogP contribution < -0.4 is 0 Å². The highest BCUT2D eigenvalue weighted by atomic mass is 32.1. The van der Waals surface area contributed by atoms with Gasteiger partial charge >= 0.3 is 0 Å². The molecule has 0 aliphatic rings. The molecule has 0 N–H and O–H groups in total. The fourth-order valence-electron chi connectivity index (χ4n) is 7.01. The molecule has 0 aliphatic carbocycles. The summed E-state index contributed by atoms with van der Waals surface area (Å²) in [6.45, 7) is 0. The average molecular weight is 709 g/mol. The molecule has 50 heavy (non-hydrogen) atoms. The first-order chi connectivity index (χ1) is 24.7. The van der Waals surface area contributed by atoms with E-state index in [-0.39, 0.29) is 0 Å². The maximum atomic E-state index is 4.88. The zero-order chi connectivity index (χ0) is 32.8. The number of thiophene rings is 2. The Kier molecular flexibility index (Phi) is 6.37. The minimum Gasteiger partial charge on any atom is -0.243 e. The summed E-state index contributed by atoms with van der Waals surface area (Å²) in [5, 5.41) is 14.8. The molecular formula is C44H24N2S4. The van der Waals surface area contributed by atoms with Crippen LogP contribution in [0.5, 0.6) is 0 Å². The van der Waals surface area contributed by atoms with Crippen LogP contribution in [-0.4, -0.2) is 9.97 Å². The van der Waals surface area contributed by atoms with Gasteiger partial charge in [-0.15, -0.1) is 45.3 Å². The van der Waals surface area contributed by atoms with Crippen LogP contribution in [0.1, 0.15) is 0 Å². The van der Waals surface area contributed by atoms with E-state index in [2.05, 4.69) is 133 Å². The van der Waals surface area contributed by atoms with Crippen LogP contribution in [0.15, 0.2) is 146 Å². The molecule has 0 aliphatic heterocycles. The van der Waals surface area contributed by atoms with Crippen LogP contribution in [0.3, 0.4) is 0 Å². The first-order valence-electron chi connectivity index (χ1n) is 16.4. The molecular weight excluding hydrogens is 685 g/mol. The van der Waals surface area contributed by atoms with Gasteiger partial charge in [0, 0.05) is 21.8 Å². The molecule has 0 atom stereocenters. The van der Waals surface area contributed by atoms with Gasteiger partial charge in [-0.05, 0) is 126 Å². The van der Waals surface area contributed by atoms with E-state index in [1.165, 1.54) is 93.9 Å². The van der Waals surface area contributed by atoms with E-state index in [1.807, 2.05) is 35.1 Å². The van der Waals surface area contributed by atoms with Crippen LogP contribution in [0.2, 0.25) is 0 Å². The summed E-state index contributed by atoms with van der Waals surface area (Å²) >= 11 is 7.19. The molecule has 234 valence electrons. The molecule has 4 aromatic heterocycles. The molecule has 4 heterocycles. The number of thiazole rings is 2. The van der Waals surface area contributed by atoms with E-state index in [9.17, 15) is 0 Å². The summed E-state index contributed by atoms with van der Waals surface area (Å²) < 4.78 is 2.57. The second kappa shape index (κ2) is 11.1. The van der Waals surface area contributed by atoms with Gasteiger partial charge in [0.15, 0.2) is 0 Å². The SMILES string of the molecule is c1ccc2cc3cc(-c4cnc(-c5cc6cc7sc(-c8ncc(-c9ccc%10cc%11ccccc%11cc%10c9)s8)cc7cc6s5)s4)ccc3cc2c1. The van der Waals surface area contributed by atoms with Crippen LogP contribution in [0.25, 0.3) is 104 Å². The van der Waals surface area contributed by atoms with Crippen LogP contribution in [-0.2, 0) is 0 Å². The lowest BCUT2D eigenvalue weighted by Crippen LogP contribution is -1.78. The van der Waals surface area contributed by atoms with Crippen LogP contribution in [0, 0.1) is 0 Å². The molecule has 0 spiro atoms. The van der Waals surface area contributed by atoms with Crippen molar-refractivity contribution in [2.75, 3.05) is 0 Å². The third-order valence-corrected chi connectivity index (χ3v) is 14.2. The number of hydrogen-bond acceptors (Lipinski definition) is 6. The Morgan fingerprint density at radius 3 is 1.14 bits per heavy atom. The molecule has 0 saturated carbocycles. The topological polar surface area (TPSA) is 25.8 Å². The van der Waals surface area contributed by atoms with Crippen molar-refractivity contribution in [3.8, 4) is 40.7 Å². The predicted molar refractivity (Wildman–Crippen MR) is 220 cm³/mol. The lowest BCUT2D eigenvalue weighted by molar-refractivity contribution is 1.43. The van der Waals surface area contributed by atoms with E-state index in [4.69, 9.17) is 9.97 Å². The fraction of sp³-hybridized carbons (Fsp3) is 0. The van der Waals surface area contributed by atoms with Gasteiger partial charge in [0.25, 0.3) is 0 Å². The maximum Gasteiger partial charge on any atom is 0.133 e. The smallest absolute Gasteiger partial charge is 0.133 e. The van der Waals surface area contributed by atoms with Gasteiger partial charge in [0.1, 0.15) is 10.0 Å². The highest BCUT2D eigenvalue weighted by molar-refractivity contribution is 7.28. The van der Waals surface area contributed by atoms with Crippen molar-refractivity contribution >= 4 is 109 Å². The normalized spacial score (nSPS) is 12.0. The monoisotopic (exact) mass is 708 g/mol. The number of aromatic nitrogens is 2. The molecule has 0 saturated heterocycles. The van der Waals surface area contributed by atoms with Gasteiger partial charge < -0.3 is 0 Å². The number of benzene rings is 7. The minimum atomic E-state index is 1.07. The molecule has 0 amide bonds. The van der Waals surface area contributed by atoms with Crippen molar-refractivity contribution in [1.82, 2.24) is 9.97 Å². The Hall–Kier alpha value is -5.24. The zero-order valence-electron chi connectivity index (χ0n) is 26.4. The quantitative estimate of drug-likeness (QED) is 0.170. The number of rotatable bonds is 4. The summed E-state index contributed by atoms with van der Waals surface area (Å²) in [5.41, 5.74) is 2.43. The van der Waals surface area contributed by atoms with Crippen molar-refractivity contribution < 1.29 is 0 Å². The molecule has 0 bridgehead atoms. The van der Waals surface area contributed by atoms with Crippen LogP contribution >= 0.6 is 45.3 Å². The van der Waals surface area contributed by atoms with Gasteiger partial charge in [0.2, 0.25) is 0 Å². The lowest BCUT2D eigenvalue weighted by Gasteiger charge is -2.04. The second-order valence-corrected chi connectivity index (χ2v) is 17.0. The van der Waals surface area contributed by atoms with Crippen LogP contribution in [0.4, 0.5) is 0 Å². The third-order valence-electron chi connectivity index (χ3n) is 9.57. The summed E-state index contributed by atoms with van der Waals surface area (Å²) in [6.07, 6.45) is 4.05. The maximum absolute atomic E-state index is 4.88. The Labute approximate surface area is 303 Å². The summed E-state index contributed by atoms with van der Waals surface area (Å²) in [7, 11) is 0.